The van der Waals surface area contributed by atoms with Gasteiger partial charge in [-0.15, -0.1) is 0 Å². The Balaban J connectivity index is 2.30. The molecule has 0 aromatic heterocycles. The maximum Gasteiger partial charge on any atom is 0.416 e. The number of rotatable bonds is 3. The van der Waals surface area contributed by atoms with Crippen molar-refractivity contribution in [3.05, 3.63) is 63.2 Å². The van der Waals surface area contributed by atoms with E-state index in [-0.39, 0.29) is 4.90 Å². The van der Waals surface area contributed by atoms with Gasteiger partial charge in [0.05, 0.1) is 10.5 Å². The van der Waals surface area contributed by atoms with Gasteiger partial charge in [0, 0.05) is 15.3 Å². The van der Waals surface area contributed by atoms with E-state index in [0.717, 1.165) is 15.7 Å². The minimum absolute atomic E-state index is 0.289. The third-order valence-electron chi connectivity index (χ3n) is 2.72. The van der Waals surface area contributed by atoms with Crippen LogP contribution in [-0.2, 0) is 16.2 Å². The number of nitrogens with zero attached hydrogens (tertiary/aromatic N) is 1. The zero-order chi connectivity index (χ0) is 16.4. The first-order chi connectivity index (χ1) is 10.2. The van der Waals surface area contributed by atoms with E-state index in [1.54, 1.807) is 24.3 Å². The van der Waals surface area contributed by atoms with Gasteiger partial charge in [-0.1, -0.05) is 18.2 Å². The molecule has 22 heavy (non-hydrogen) atoms. The van der Waals surface area contributed by atoms with Gasteiger partial charge in [-0.25, -0.2) is 0 Å². The van der Waals surface area contributed by atoms with Gasteiger partial charge in [-0.05, 0) is 52.9 Å². The molecule has 0 aliphatic rings. The van der Waals surface area contributed by atoms with E-state index in [9.17, 15) is 21.6 Å². The molecule has 0 unspecified atom stereocenters. The van der Waals surface area contributed by atoms with Crippen LogP contribution in [0.3, 0.4) is 0 Å². The second kappa shape index (κ2) is 6.37. The smallest absolute Gasteiger partial charge is 0.199 e. The highest BCUT2D eigenvalue weighted by molar-refractivity contribution is 14.1. The van der Waals surface area contributed by atoms with Crippen molar-refractivity contribution in [1.82, 2.24) is 0 Å². The molecular weight excluding hydrogens is 430 g/mol. The highest BCUT2D eigenvalue weighted by Crippen LogP contribution is 2.29. The Morgan fingerprint density at radius 1 is 1.00 bits per heavy atom. The molecule has 0 atom stereocenters. The molecule has 2 aromatic carbocycles. The fourth-order valence-corrected chi connectivity index (χ4v) is 2.96. The van der Waals surface area contributed by atoms with Gasteiger partial charge in [-0.2, -0.15) is 26.0 Å². The van der Waals surface area contributed by atoms with Gasteiger partial charge in [0.15, 0.2) is 0 Å². The molecule has 0 bridgehead atoms. The summed E-state index contributed by atoms with van der Waals surface area (Å²) in [5, 5.41) is 0. The molecule has 0 amide bonds. The van der Waals surface area contributed by atoms with E-state index in [1.807, 2.05) is 22.6 Å². The van der Waals surface area contributed by atoms with Crippen LogP contribution in [-0.4, -0.2) is 14.6 Å². The Kier molecular flexibility index (Phi) is 4.90. The molecule has 8 heteroatoms. The fourth-order valence-electron chi connectivity index (χ4n) is 1.58. The molecule has 116 valence electrons. The van der Waals surface area contributed by atoms with Gasteiger partial charge in [0.25, 0.3) is 10.0 Å². The molecule has 0 saturated carbocycles. The van der Waals surface area contributed by atoms with E-state index in [2.05, 4.69) is 4.40 Å². The zero-order valence-corrected chi connectivity index (χ0v) is 13.9. The second-order valence-corrected chi connectivity index (χ2v) is 7.05. The van der Waals surface area contributed by atoms with Crippen LogP contribution >= 0.6 is 22.6 Å². The number of alkyl halides is 3. The lowest BCUT2D eigenvalue weighted by Gasteiger charge is -2.06. The quantitative estimate of drug-likeness (QED) is 0.534. The van der Waals surface area contributed by atoms with Crippen molar-refractivity contribution in [2.75, 3.05) is 0 Å². The summed E-state index contributed by atoms with van der Waals surface area (Å²) in [7, 11) is -4.04. The Morgan fingerprint density at radius 3 is 2.14 bits per heavy atom. The Bertz CT molecular complexity index is 800. The summed E-state index contributed by atoms with van der Waals surface area (Å²) in [6.07, 6.45) is -3.33. The maximum absolute atomic E-state index is 12.5. The standard InChI is InChI=1S/C14H9F3INO2S/c15-14(16,17)11-5-7-12(8-6-11)22(20,21)19-9-10-3-1-2-4-13(10)18/h1-9H. The van der Waals surface area contributed by atoms with Crippen molar-refractivity contribution in [2.45, 2.75) is 11.1 Å². The van der Waals surface area contributed by atoms with Gasteiger partial charge in [0.2, 0.25) is 0 Å². The van der Waals surface area contributed by atoms with Crippen LogP contribution in [0.25, 0.3) is 0 Å². The summed E-state index contributed by atoms with van der Waals surface area (Å²) in [5.41, 5.74) is -0.299. The normalized spacial score (nSPS) is 12.7. The number of hydrogen-bond donors (Lipinski definition) is 0. The molecule has 0 fully saturated rings. The van der Waals surface area contributed by atoms with E-state index in [0.29, 0.717) is 17.7 Å². The molecule has 0 spiro atoms. The Hall–Kier alpha value is -1.42. The van der Waals surface area contributed by atoms with Crippen LogP contribution in [0.15, 0.2) is 57.8 Å². The van der Waals surface area contributed by atoms with Crippen molar-refractivity contribution in [3.8, 4) is 0 Å². The maximum atomic E-state index is 12.5. The monoisotopic (exact) mass is 439 g/mol. The van der Waals surface area contributed by atoms with Gasteiger partial charge >= 0.3 is 6.18 Å². The lowest BCUT2D eigenvalue weighted by molar-refractivity contribution is -0.137. The summed E-state index contributed by atoms with van der Waals surface area (Å²) in [5.74, 6) is 0. The second-order valence-electron chi connectivity index (χ2n) is 4.25. The van der Waals surface area contributed by atoms with Gasteiger partial charge in [0.1, 0.15) is 0 Å². The van der Waals surface area contributed by atoms with Crippen LogP contribution in [0.4, 0.5) is 13.2 Å². The summed E-state index contributed by atoms with van der Waals surface area (Å²) < 4.78 is 65.7. The average Bonchev–Trinajstić information content (AvgIpc) is 2.46. The highest BCUT2D eigenvalue weighted by Gasteiger charge is 2.30. The number of sulfonamides is 1. The Labute approximate surface area is 139 Å². The third-order valence-corrected chi connectivity index (χ3v) is 4.95. The molecule has 0 saturated heterocycles. The van der Waals surface area contributed by atoms with Crippen LogP contribution in [0.1, 0.15) is 11.1 Å². The molecule has 0 N–H and O–H groups in total. The van der Waals surface area contributed by atoms with Crippen molar-refractivity contribution < 1.29 is 21.6 Å². The predicted molar refractivity (Wildman–Crippen MR) is 85.4 cm³/mol. The topological polar surface area (TPSA) is 46.5 Å². The average molecular weight is 439 g/mol. The fraction of sp³-hybridized carbons (Fsp3) is 0.0714. The zero-order valence-electron chi connectivity index (χ0n) is 10.9. The largest absolute Gasteiger partial charge is 0.416 e. The Morgan fingerprint density at radius 2 is 1.59 bits per heavy atom. The first kappa shape index (κ1) is 16.9. The predicted octanol–water partition coefficient (Wildman–Crippen LogP) is 4.12. The molecular formula is C14H9F3INO2S. The first-order valence-electron chi connectivity index (χ1n) is 5.92. The van der Waals surface area contributed by atoms with E-state index in [4.69, 9.17) is 0 Å². The van der Waals surface area contributed by atoms with Gasteiger partial charge in [-0.3, -0.25) is 0 Å². The van der Waals surface area contributed by atoms with E-state index in [1.165, 1.54) is 6.21 Å². The third kappa shape index (κ3) is 4.07. The molecule has 0 heterocycles. The SMILES string of the molecule is O=S(=O)(N=Cc1ccccc1I)c1ccc(C(F)(F)F)cc1. The molecule has 0 radical (unpaired) electrons. The van der Waals surface area contributed by atoms with Crippen LogP contribution < -0.4 is 0 Å². The minimum atomic E-state index is -4.51. The number of benzene rings is 2. The summed E-state index contributed by atoms with van der Waals surface area (Å²) in [6, 6.07) is 10.2. The highest BCUT2D eigenvalue weighted by atomic mass is 127. The molecule has 0 aliphatic carbocycles. The summed E-state index contributed by atoms with van der Waals surface area (Å²) in [4.78, 5) is -0.289. The molecule has 2 aromatic rings. The molecule has 2 rings (SSSR count). The number of halogens is 4. The lowest BCUT2D eigenvalue weighted by atomic mass is 10.2. The van der Waals surface area contributed by atoms with Crippen LogP contribution in [0, 0.1) is 3.57 Å². The summed E-state index contributed by atoms with van der Waals surface area (Å²) in [6.45, 7) is 0. The van der Waals surface area contributed by atoms with E-state index < -0.39 is 21.8 Å². The van der Waals surface area contributed by atoms with Crippen molar-refractivity contribution >= 4 is 38.8 Å². The summed E-state index contributed by atoms with van der Waals surface area (Å²) >= 11 is 2.03. The molecule has 3 nitrogen and oxygen atoms in total. The minimum Gasteiger partial charge on any atom is -0.199 e. The van der Waals surface area contributed by atoms with Crippen molar-refractivity contribution in [2.24, 2.45) is 4.40 Å². The molecule has 0 aliphatic heterocycles. The number of hydrogen-bond acceptors (Lipinski definition) is 2. The van der Waals surface area contributed by atoms with Crippen molar-refractivity contribution in [1.29, 1.82) is 0 Å². The van der Waals surface area contributed by atoms with Crippen molar-refractivity contribution in [3.63, 3.8) is 0 Å². The van der Waals surface area contributed by atoms with E-state index >= 15 is 0 Å². The van der Waals surface area contributed by atoms with Crippen LogP contribution in [0.2, 0.25) is 0 Å². The lowest BCUT2D eigenvalue weighted by Crippen LogP contribution is -2.05. The van der Waals surface area contributed by atoms with Gasteiger partial charge < -0.3 is 0 Å². The van der Waals surface area contributed by atoms with Crippen LogP contribution in [0.5, 0.6) is 0 Å². The first-order valence-corrected chi connectivity index (χ1v) is 8.44.